The van der Waals surface area contributed by atoms with Gasteiger partial charge in [0.05, 0.1) is 18.2 Å². The van der Waals surface area contributed by atoms with Crippen LogP contribution in [0, 0.1) is 6.92 Å². The molecule has 1 fully saturated rings. The highest BCUT2D eigenvalue weighted by molar-refractivity contribution is 6.28. The fourth-order valence-corrected chi connectivity index (χ4v) is 3.52. The van der Waals surface area contributed by atoms with Gasteiger partial charge < -0.3 is 9.47 Å². The highest BCUT2D eigenvalue weighted by Crippen LogP contribution is 2.43. The zero-order valence-electron chi connectivity index (χ0n) is 15.8. The van der Waals surface area contributed by atoms with Crippen molar-refractivity contribution in [3.63, 3.8) is 0 Å². The minimum Gasteiger partial charge on any atom is -0.463 e. The summed E-state index contributed by atoms with van der Waals surface area (Å²) < 4.78 is 11.9. The Hall–Kier alpha value is -2.50. The third kappa shape index (κ3) is 3.36. The molecule has 0 N–H and O–H groups in total. The molecule has 1 saturated carbocycles. The normalized spacial score (nSPS) is 16.0. The topological polar surface area (TPSA) is 61.3 Å². The number of hydrogen-bond acceptors (Lipinski definition) is 5. The van der Waals surface area contributed by atoms with Crippen molar-refractivity contribution in [2.24, 2.45) is 0 Å². The van der Waals surface area contributed by atoms with Gasteiger partial charge in [-0.15, -0.1) is 0 Å². The molecule has 28 heavy (non-hydrogen) atoms. The van der Waals surface area contributed by atoms with Crippen LogP contribution < -0.4 is 0 Å². The number of rotatable bonds is 6. The lowest BCUT2D eigenvalue weighted by Gasteiger charge is -2.32. The molecule has 1 atom stereocenters. The van der Waals surface area contributed by atoms with Crippen LogP contribution in [0.1, 0.15) is 36.6 Å². The van der Waals surface area contributed by atoms with Crippen LogP contribution >= 0.6 is 11.6 Å². The number of aryl methyl sites for hydroxylation is 1. The molecule has 6 heteroatoms. The van der Waals surface area contributed by atoms with Crippen molar-refractivity contribution >= 4 is 28.5 Å². The van der Waals surface area contributed by atoms with Gasteiger partial charge in [-0.05, 0) is 50.4 Å². The van der Waals surface area contributed by atoms with Gasteiger partial charge in [-0.1, -0.05) is 42.0 Å². The Bertz CT molecular complexity index is 1020. The Morgan fingerprint density at radius 3 is 2.61 bits per heavy atom. The van der Waals surface area contributed by atoms with E-state index in [4.69, 9.17) is 21.1 Å². The Kier molecular flexibility index (Phi) is 5.04. The van der Waals surface area contributed by atoms with Gasteiger partial charge in [0.1, 0.15) is 5.69 Å². The third-order valence-corrected chi connectivity index (χ3v) is 4.94. The average molecular weight is 397 g/mol. The van der Waals surface area contributed by atoms with E-state index in [0.717, 1.165) is 23.8 Å². The molecule has 0 aliphatic heterocycles. The van der Waals surface area contributed by atoms with Gasteiger partial charge in [0.2, 0.25) is 10.9 Å². The lowest BCUT2D eigenvalue weighted by atomic mass is 9.87. The summed E-state index contributed by atoms with van der Waals surface area (Å²) in [6.45, 7) is 3.99. The second-order valence-corrected chi connectivity index (χ2v) is 7.28. The molecule has 0 bridgehead atoms. The molecule has 2 aromatic carbocycles. The molecular weight excluding hydrogens is 376 g/mol. The van der Waals surface area contributed by atoms with Crippen molar-refractivity contribution in [1.29, 1.82) is 0 Å². The first kappa shape index (κ1) is 18.8. The molecule has 144 valence electrons. The van der Waals surface area contributed by atoms with E-state index in [2.05, 4.69) is 9.97 Å². The SMILES string of the molecule is CCOC(=O)C(OC1CC1)(c1ccccc1)c1nc(Cl)nc2ccc(C)cc12. The van der Waals surface area contributed by atoms with E-state index in [-0.39, 0.29) is 18.0 Å². The summed E-state index contributed by atoms with van der Waals surface area (Å²) in [5.41, 5.74) is 1.26. The van der Waals surface area contributed by atoms with Gasteiger partial charge >= 0.3 is 5.97 Å². The fraction of sp³-hybridized carbons (Fsp3) is 0.318. The molecule has 0 spiro atoms. The predicted octanol–water partition coefficient (Wildman–Crippen LogP) is 4.58. The quantitative estimate of drug-likeness (QED) is 0.451. The first-order valence-electron chi connectivity index (χ1n) is 9.39. The average Bonchev–Trinajstić information content (AvgIpc) is 3.51. The number of hydrogen-bond donors (Lipinski definition) is 0. The van der Waals surface area contributed by atoms with Gasteiger partial charge in [0.15, 0.2) is 0 Å². The summed E-state index contributed by atoms with van der Waals surface area (Å²) in [4.78, 5) is 22.3. The van der Waals surface area contributed by atoms with Gasteiger partial charge in [0, 0.05) is 10.9 Å². The minimum atomic E-state index is -1.50. The predicted molar refractivity (Wildman–Crippen MR) is 107 cm³/mol. The lowest BCUT2D eigenvalue weighted by Crippen LogP contribution is -2.43. The number of nitrogens with zero attached hydrogens (tertiary/aromatic N) is 2. The highest BCUT2D eigenvalue weighted by Gasteiger charge is 2.51. The van der Waals surface area contributed by atoms with E-state index in [1.54, 1.807) is 6.92 Å². The van der Waals surface area contributed by atoms with Gasteiger partial charge in [0.25, 0.3) is 0 Å². The van der Waals surface area contributed by atoms with E-state index in [1.165, 1.54) is 0 Å². The van der Waals surface area contributed by atoms with E-state index >= 15 is 0 Å². The van der Waals surface area contributed by atoms with Crippen LogP contribution in [0.2, 0.25) is 5.28 Å². The molecular formula is C22H21ClN2O3. The molecule has 1 unspecified atom stereocenters. The molecule has 0 amide bonds. The Morgan fingerprint density at radius 2 is 1.93 bits per heavy atom. The molecule has 4 rings (SSSR count). The van der Waals surface area contributed by atoms with Crippen LogP contribution in [0.25, 0.3) is 10.9 Å². The summed E-state index contributed by atoms with van der Waals surface area (Å²) in [6, 6.07) is 15.1. The summed E-state index contributed by atoms with van der Waals surface area (Å²) in [6.07, 6.45) is 1.76. The maximum atomic E-state index is 13.4. The first-order valence-corrected chi connectivity index (χ1v) is 9.77. The Balaban J connectivity index is 2.06. The third-order valence-electron chi connectivity index (χ3n) is 4.77. The van der Waals surface area contributed by atoms with Crippen molar-refractivity contribution in [3.05, 3.63) is 70.6 Å². The maximum Gasteiger partial charge on any atom is 0.349 e. The van der Waals surface area contributed by atoms with Crippen LogP contribution in [0.15, 0.2) is 48.5 Å². The number of carbonyl (C=O) groups excluding carboxylic acids is 1. The van der Waals surface area contributed by atoms with Crippen LogP contribution in [0.3, 0.4) is 0 Å². The minimum absolute atomic E-state index is 0.0294. The number of halogens is 1. The van der Waals surface area contributed by atoms with Gasteiger partial charge in [-0.2, -0.15) is 0 Å². The van der Waals surface area contributed by atoms with Crippen molar-refractivity contribution in [1.82, 2.24) is 9.97 Å². The van der Waals surface area contributed by atoms with Crippen LogP contribution in [-0.4, -0.2) is 28.6 Å². The smallest absolute Gasteiger partial charge is 0.349 e. The molecule has 0 saturated heterocycles. The number of aromatic nitrogens is 2. The number of fused-ring (bicyclic) bond motifs is 1. The second-order valence-electron chi connectivity index (χ2n) is 6.95. The fourth-order valence-electron chi connectivity index (χ4n) is 3.35. The van der Waals surface area contributed by atoms with Crippen LogP contribution in [0.5, 0.6) is 0 Å². The molecule has 1 aromatic heterocycles. The van der Waals surface area contributed by atoms with E-state index in [0.29, 0.717) is 16.8 Å². The van der Waals surface area contributed by atoms with E-state index in [1.807, 2.05) is 55.5 Å². The summed E-state index contributed by atoms with van der Waals surface area (Å²) in [5, 5.41) is 0.789. The summed E-state index contributed by atoms with van der Waals surface area (Å²) in [7, 11) is 0. The molecule has 5 nitrogen and oxygen atoms in total. The molecule has 1 aliphatic carbocycles. The van der Waals surface area contributed by atoms with E-state index in [9.17, 15) is 4.79 Å². The van der Waals surface area contributed by atoms with Crippen LogP contribution in [0.4, 0.5) is 0 Å². The van der Waals surface area contributed by atoms with Crippen molar-refractivity contribution < 1.29 is 14.3 Å². The molecule has 1 aliphatic rings. The van der Waals surface area contributed by atoms with Crippen molar-refractivity contribution in [2.45, 2.75) is 38.4 Å². The monoisotopic (exact) mass is 396 g/mol. The summed E-state index contributed by atoms with van der Waals surface area (Å²) in [5.74, 6) is -0.495. The number of benzene rings is 2. The molecule has 0 radical (unpaired) electrons. The zero-order valence-corrected chi connectivity index (χ0v) is 16.6. The largest absolute Gasteiger partial charge is 0.463 e. The van der Waals surface area contributed by atoms with Gasteiger partial charge in [-0.3, -0.25) is 0 Å². The van der Waals surface area contributed by atoms with E-state index < -0.39 is 11.6 Å². The standard InChI is InChI=1S/C22H21ClN2O3/c1-3-27-20(26)22(28-16-10-11-16,15-7-5-4-6-8-15)19-17-13-14(2)9-12-18(17)24-21(23)25-19/h4-9,12-13,16H,3,10-11H2,1-2H3. The molecule has 1 heterocycles. The Morgan fingerprint density at radius 1 is 1.18 bits per heavy atom. The summed E-state index contributed by atoms with van der Waals surface area (Å²) >= 11 is 6.26. The van der Waals surface area contributed by atoms with Gasteiger partial charge in [-0.25, -0.2) is 14.8 Å². The Labute approximate surface area is 168 Å². The number of esters is 1. The number of ether oxygens (including phenoxy) is 2. The first-order chi connectivity index (χ1) is 13.5. The maximum absolute atomic E-state index is 13.4. The highest BCUT2D eigenvalue weighted by atomic mass is 35.5. The lowest BCUT2D eigenvalue weighted by molar-refractivity contribution is -0.170. The van der Waals surface area contributed by atoms with Crippen molar-refractivity contribution in [3.8, 4) is 0 Å². The molecule has 3 aromatic rings. The zero-order chi connectivity index (χ0) is 19.7. The second kappa shape index (κ2) is 7.49. The number of carbonyl (C=O) groups is 1. The van der Waals surface area contributed by atoms with Crippen molar-refractivity contribution in [2.75, 3.05) is 6.61 Å². The van der Waals surface area contributed by atoms with Crippen LogP contribution in [-0.2, 0) is 19.9 Å².